The average molecular weight is 731 g/mol. The Kier molecular flexibility index (Phi) is 38.1. The second-order valence-electron chi connectivity index (χ2n) is 11.3. The maximum atomic E-state index is 10.7. The van der Waals surface area contributed by atoms with Crippen LogP contribution < -0.4 is 43.4 Å². The fourth-order valence-corrected chi connectivity index (χ4v) is 4.36. The number of carbonyl (C=O) groups is 5. The van der Waals surface area contributed by atoms with Crippen LogP contribution in [0.4, 0.5) is 0 Å². The molecule has 0 bridgehead atoms. The number of amidine groups is 1. The summed E-state index contributed by atoms with van der Waals surface area (Å²) in [6.07, 6.45) is 3.23. The average Bonchev–Trinajstić information content (AvgIpc) is 3.65. The summed E-state index contributed by atoms with van der Waals surface area (Å²) in [5.74, 6) is 0.171. The molecule has 2 aliphatic rings. The largest absolute Gasteiger partial charge is 0.478 e. The summed E-state index contributed by atoms with van der Waals surface area (Å²) >= 11 is 0. The Morgan fingerprint density at radius 3 is 1.71 bits per heavy atom. The minimum Gasteiger partial charge on any atom is -0.478 e. The number of rotatable bonds is 20. The fraction of sp³-hybridized carbons (Fsp3) is 0.758. The van der Waals surface area contributed by atoms with Crippen LogP contribution in [0.25, 0.3) is 0 Å². The molecule has 2 heterocycles. The molecule has 0 saturated carbocycles. The molecule has 0 aromatic heterocycles. The third-order valence-electron chi connectivity index (χ3n) is 6.96. The van der Waals surface area contributed by atoms with Gasteiger partial charge in [0.2, 0.25) is 24.1 Å². The van der Waals surface area contributed by atoms with Gasteiger partial charge in [-0.3, -0.25) is 34.0 Å². The molecule has 2 rings (SSSR count). The molecule has 18 heteroatoms. The van der Waals surface area contributed by atoms with Gasteiger partial charge < -0.3 is 53.4 Å². The summed E-state index contributed by atoms with van der Waals surface area (Å²) in [6, 6.07) is 0. The second kappa shape index (κ2) is 37.6. The van der Waals surface area contributed by atoms with Crippen LogP contribution in [0.15, 0.2) is 17.6 Å². The summed E-state index contributed by atoms with van der Waals surface area (Å²) in [5, 5.41) is 24.4. The highest BCUT2D eigenvalue weighted by molar-refractivity contribution is 5.81. The third-order valence-corrected chi connectivity index (χ3v) is 6.96. The minimum atomic E-state index is -0.981. The summed E-state index contributed by atoms with van der Waals surface area (Å²) < 4.78 is 0. The van der Waals surface area contributed by atoms with Crippen LogP contribution in [-0.2, 0) is 24.0 Å². The number of nitrogens with one attached hydrogen (secondary N) is 6. The van der Waals surface area contributed by atoms with Crippen molar-refractivity contribution in [1.29, 1.82) is 0 Å². The predicted octanol–water partition coefficient (Wildman–Crippen LogP) is -2.44. The number of hydrogen-bond donors (Lipinski definition) is 9. The summed E-state index contributed by atoms with van der Waals surface area (Å²) in [6.45, 7) is 28.5. The lowest BCUT2D eigenvalue weighted by molar-refractivity contribution is -0.131. The van der Waals surface area contributed by atoms with Crippen molar-refractivity contribution in [2.75, 3.05) is 111 Å². The van der Waals surface area contributed by atoms with Crippen LogP contribution in [0.2, 0.25) is 0 Å². The summed E-state index contributed by atoms with van der Waals surface area (Å²) in [5.41, 5.74) is 10.3. The molecule has 0 aliphatic carbocycles. The van der Waals surface area contributed by atoms with E-state index in [2.05, 4.69) is 72.0 Å². The number of hydrogen-bond acceptors (Lipinski definition) is 13. The first kappa shape index (κ1) is 51.7. The van der Waals surface area contributed by atoms with Gasteiger partial charge in [-0.1, -0.05) is 13.5 Å². The maximum absolute atomic E-state index is 10.7. The van der Waals surface area contributed by atoms with Crippen molar-refractivity contribution >= 4 is 35.9 Å². The zero-order valence-electron chi connectivity index (χ0n) is 32.1. The third kappa shape index (κ3) is 37.4. The molecular formula is C33H70N12O6. The van der Waals surface area contributed by atoms with Gasteiger partial charge in [-0.15, -0.1) is 0 Å². The van der Waals surface area contributed by atoms with E-state index in [-0.39, 0.29) is 17.7 Å². The molecule has 1 fully saturated rings. The smallest absolute Gasteiger partial charge is 0.327 e. The van der Waals surface area contributed by atoms with Gasteiger partial charge in [0, 0.05) is 125 Å². The van der Waals surface area contributed by atoms with E-state index in [0.29, 0.717) is 45.3 Å². The van der Waals surface area contributed by atoms with Crippen LogP contribution in [0, 0.1) is 0 Å². The van der Waals surface area contributed by atoms with Crippen LogP contribution in [0.1, 0.15) is 48.0 Å². The van der Waals surface area contributed by atoms with Gasteiger partial charge in [0.1, 0.15) is 0 Å². The lowest BCUT2D eigenvalue weighted by Gasteiger charge is -2.26. The van der Waals surface area contributed by atoms with Gasteiger partial charge in [-0.2, -0.15) is 0 Å². The summed E-state index contributed by atoms with van der Waals surface area (Å²) in [4.78, 5) is 62.0. The molecule has 1 unspecified atom stereocenters. The highest BCUT2D eigenvalue weighted by Crippen LogP contribution is 2.13. The van der Waals surface area contributed by atoms with Gasteiger partial charge in [0.15, 0.2) is 0 Å². The number of aliphatic carboxylic acids is 1. The molecule has 0 radical (unpaired) electrons. The first-order valence-corrected chi connectivity index (χ1v) is 17.6. The molecular weight excluding hydrogens is 660 g/mol. The van der Waals surface area contributed by atoms with E-state index < -0.39 is 5.97 Å². The highest BCUT2D eigenvalue weighted by atomic mass is 16.4. The molecule has 18 nitrogen and oxygen atoms in total. The Morgan fingerprint density at radius 2 is 1.27 bits per heavy atom. The number of carbonyl (C=O) groups excluding carboxylic acids is 4. The number of nitrogens with two attached hydrogens (primary N) is 2. The predicted molar refractivity (Wildman–Crippen MR) is 204 cm³/mol. The van der Waals surface area contributed by atoms with E-state index >= 15 is 0 Å². The summed E-state index contributed by atoms with van der Waals surface area (Å²) in [7, 11) is 0. The first-order chi connectivity index (χ1) is 24.3. The molecule has 11 N–H and O–H groups in total. The van der Waals surface area contributed by atoms with Crippen molar-refractivity contribution in [3.63, 3.8) is 0 Å². The number of carboxylic acids is 1. The van der Waals surface area contributed by atoms with Crippen molar-refractivity contribution in [2.24, 2.45) is 16.5 Å². The highest BCUT2D eigenvalue weighted by Gasteiger charge is 2.26. The van der Waals surface area contributed by atoms with Gasteiger partial charge in [-0.25, -0.2) is 4.79 Å². The van der Waals surface area contributed by atoms with Gasteiger partial charge in [0.05, 0.1) is 18.5 Å². The molecule has 0 spiro atoms. The SMILES string of the molecule is C=CC(=O)O.CC(=O)NCCN1CCN=C1C.CC(=O)NCCNCCNC=O.CCCN1CCN(CCNC(C)=O)C1C.NCCNCCN. The molecule has 1 saturated heterocycles. The topological polar surface area (TPSA) is 252 Å². The second-order valence-corrected chi connectivity index (χ2v) is 11.3. The molecule has 298 valence electrons. The maximum Gasteiger partial charge on any atom is 0.327 e. The minimum absolute atomic E-state index is 0.0252. The molecule has 4 amide bonds. The van der Waals surface area contributed by atoms with E-state index in [1.807, 2.05) is 6.92 Å². The fourth-order valence-electron chi connectivity index (χ4n) is 4.36. The van der Waals surface area contributed by atoms with Gasteiger partial charge in [0.25, 0.3) is 0 Å². The van der Waals surface area contributed by atoms with Crippen molar-refractivity contribution < 1.29 is 29.1 Å². The Balaban J connectivity index is -0.000000590. The van der Waals surface area contributed by atoms with Crippen molar-refractivity contribution in [3.8, 4) is 0 Å². The Hall–Kier alpha value is -3.68. The number of amides is 4. The zero-order chi connectivity index (χ0) is 39.3. The zero-order valence-corrected chi connectivity index (χ0v) is 32.1. The van der Waals surface area contributed by atoms with Crippen molar-refractivity contribution in [2.45, 2.75) is 54.1 Å². The normalized spacial score (nSPS) is 14.7. The van der Waals surface area contributed by atoms with Crippen molar-refractivity contribution in [3.05, 3.63) is 12.7 Å². The Labute approximate surface area is 305 Å². The van der Waals surface area contributed by atoms with Crippen molar-refractivity contribution in [1.82, 2.24) is 46.6 Å². The quantitative estimate of drug-likeness (QED) is 0.0359. The Morgan fingerprint density at radius 1 is 0.804 bits per heavy atom. The lowest BCUT2D eigenvalue weighted by atomic mass is 10.4. The molecule has 1 atom stereocenters. The first-order valence-electron chi connectivity index (χ1n) is 17.6. The standard InChI is InChI=1S/C11H23N3O.C8H15N3O.C7H15N3O2.C4H13N3.C3H4O2/c1-4-6-13-8-9-14(11(13)3)7-5-12-10(2)15;1-7-9-3-5-11(7)6-4-10-8(2)12;1-7(12)10-5-4-8-2-3-9-6-11;5-1-3-7-4-2-6;1-2-3(4)5/h11H,4-9H2,1-3H3,(H,12,15);3-6H2,1-2H3,(H,10,12);6,8H,2-5H2,1H3,(H,9,11)(H,10,12);7H,1-6H2;2H,1H2,(H,4,5). The lowest BCUT2D eigenvalue weighted by Crippen LogP contribution is -2.40. The van der Waals surface area contributed by atoms with E-state index in [9.17, 15) is 24.0 Å². The van der Waals surface area contributed by atoms with Gasteiger partial charge >= 0.3 is 5.97 Å². The van der Waals surface area contributed by atoms with E-state index in [1.54, 1.807) is 6.92 Å². The van der Waals surface area contributed by atoms with E-state index in [1.165, 1.54) is 26.8 Å². The van der Waals surface area contributed by atoms with E-state index in [0.717, 1.165) is 83.9 Å². The molecule has 51 heavy (non-hydrogen) atoms. The Bertz CT molecular complexity index is 953. The molecule has 2 aliphatic heterocycles. The monoisotopic (exact) mass is 731 g/mol. The van der Waals surface area contributed by atoms with Gasteiger partial charge in [-0.05, 0) is 26.8 Å². The van der Waals surface area contributed by atoms with E-state index in [4.69, 9.17) is 16.6 Å². The van der Waals surface area contributed by atoms with Crippen LogP contribution >= 0.6 is 0 Å². The number of carboxylic acid groups (broad SMARTS) is 1. The van der Waals surface area contributed by atoms with Crippen LogP contribution in [0.3, 0.4) is 0 Å². The number of aliphatic imine (C=N–C) groups is 1. The molecule has 0 aromatic rings. The van der Waals surface area contributed by atoms with Crippen LogP contribution in [0.5, 0.6) is 0 Å². The number of nitrogens with zero attached hydrogens (tertiary/aromatic N) is 4. The van der Waals surface area contributed by atoms with Crippen LogP contribution in [-0.4, -0.2) is 173 Å². The molecule has 0 aromatic carbocycles.